The van der Waals surface area contributed by atoms with Crippen molar-refractivity contribution in [1.82, 2.24) is 14.9 Å². The van der Waals surface area contributed by atoms with E-state index in [-0.39, 0.29) is 5.97 Å². The minimum Gasteiger partial charge on any atom is -0.465 e. The number of ether oxygens (including phenoxy) is 2. The van der Waals surface area contributed by atoms with E-state index in [1.54, 1.807) is 19.6 Å². The van der Waals surface area contributed by atoms with Gasteiger partial charge in [0.25, 0.3) is 0 Å². The van der Waals surface area contributed by atoms with E-state index in [0.717, 1.165) is 18.5 Å². The number of hydrogen-bond acceptors (Lipinski definition) is 5. The summed E-state index contributed by atoms with van der Waals surface area (Å²) in [5, 5.41) is 3.17. The number of esters is 1. The monoisotopic (exact) mass is 267 g/mol. The standard InChI is InChI=1S/C13H21N3O3/c1-3-19-13(17)12(15-6-7-18-2)11-8-14-9-16(11)10-4-5-10/h8-10,12,15H,3-7H2,1-2H3. The first-order valence-corrected chi connectivity index (χ1v) is 6.68. The lowest BCUT2D eigenvalue weighted by atomic mass is 10.2. The van der Waals surface area contributed by atoms with Gasteiger partial charge in [-0.15, -0.1) is 0 Å². The maximum Gasteiger partial charge on any atom is 0.329 e. The maximum absolute atomic E-state index is 12.1. The molecule has 1 atom stereocenters. The fraction of sp³-hybridized carbons (Fsp3) is 0.692. The second-order valence-corrected chi connectivity index (χ2v) is 4.59. The Bertz CT molecular complexity index is 415. The van der Waals surface area contributed by atoms with Gasteiger partial charge in [-0.1, -0.05) is 0 Å². The van der Waals surface area contributed by atoms with Crippen LogP contribution in [0.3, 0.4) is 0 Å². The molecule has 1 heterocycles. The van der Waals surface area contributed by atoms with Gasteiger partial charge in [-0.2, -0.15) is 0 Å². The highest BCUT2D eigenvalue weighted by Gasteiger charge is 2.31. The second-order valence-electron chi connectivity index (χ2n) is 4.59. The summed E-state index contributed by atoms with van der Waals surface area (Å²) in [4.78, 5) is 16.2. The number of nitrogens with one attached hydrogen (secondary N) is 1. The van der Waals surface area contributed by atoms with Crippen LogP contribution in [0.15, 0.2) is 12.5 Å². The molecule has 0 saturated heterocycles. The van der Waals surface area contributed by atoms with Crippen molar-refractivity contribution in [2.24, 2.45) is 0 Å². The molecule has 1 saturated carbocycles. The summed E-state index contributed by atoms with van der Waals surface area (Å²) in [6.45, 7) is 3.32. The Kier molecular flexibility index (Phi) is 4.93. The average Bonchev–Trinajstić information content (AvgIpc) is 3.14. The largest absolute Gasteiger partial charge is 0.465 e. The fourth-order valence-corrected chi connectivity index (χ4v) is 2.04. The number of hydrogen-bond donors (Lipinski definition) is 1. The Labute approximate surface area is 113 Å². The van der Waals surface area contributed by atoms with Gasteiger partial charge in [-0.3, -0.25) is 5.32 Å². The molecule has 6 nitrogen and oxygen atoms in total. The third kappa shape index (κ3) is 3.54. The molecule has 0 radical (unpaired) electrons. The van der Waals surface area contributed by atoms with Crippen molar-refractivity contribution in [1.29, 1.82) is 0 Å². The Morgan fingerprint density at radius 2 is 2.42 bits per heavy atom. The van der Waals surface area contributed by atoms with Crippen LogP contribution in [0.25, 0.3) is 0 Å². The van der Waals surface area contributed by atoms with Crippen LogP contribution < -0.4 is 5.32 Å². The van der Waals surface area contributed by atoms with Crippen LogP contribution >= 0.6 is 0 Å². The second kappa shape index (κ2) is 6.68. The minimum atomic E-state index is -0.474. The first kappa shape index (κ1) is 14.0. The summed E-state index contributed by atoms with van der Waals surface area (Å²) >= 11 is 0. The van der Waals surface area contributed by atoms with Gasteiger partial charge in [0, 0.05) is 19.7 Å². The quantitative estimate of drug-likeness (QED) is 0.563. The Hall–Kier alpha value is -1.40. The highest BCUT2D eigenvalue weighted by Crippen LogP contribution is 2.37. The first-order valence-electron chi connectivity index (χ1n) is 6.68. The molecule has 1 aliphatic rings. The maximum atomic E-state index is 12.1. The zero-order valence-corrected chi connectivity index (χ0v) is 11.5. The van der Waals surface area contributed by atoms with Gasteiger partial charge in [0.15, 0.2) is 0 Å². The smallest absolute Gasteiger partial charge is 0.329 e. The van der Waals surface area contributed by atoms with Crippen LogP contribution in [0.4, 0.5) is 0 Å². The predicted molar refractivity (Wildman–Crippen MR) is 69.8 cm³/mol. The molecule has 1 aliphatic carbocycles. The predicted octanol–water partition coefficient (Wildman–Crippen LogP) is 1.06. The number of nitrogens with zero attached hydrogens (tertiary/aromatic N) is 2. The molecule has 0 spiro atoms. The molecule has 0 bridgehead atoms. The number of rotatable bonds is 8. The molecule has 1 aromatic rings. The molecule has 0 amide bonds. The van der Waals surface area contributed by atoms with Crippen molar-refractivity contribution in [3.05, 3.63) is 18.2 Å². The van der Waals surface area contributed by atoms with Crippen LogP contribution in [0.2, 0.25) is 0 Å². The van der Waals surface area contributed by atoms with Crippen molar-refractivity contribution >= 4 is 5.97 Å². The zero-order chi connectivity index (χ0) is 13.7. The van der Waals surface area contributed by atoms with Crippen molar-refractivity contribution in [2.75, 3.05) is 26.9 Å². The molecular weight excluding hydrogens is 246 g/mol. The molecule has 106 valence electrons. The van der Waals surface area contributed by atoms with Gasteiger partial charge in [-0.05, 0) is 19.8 Å². The van der Waals surface area contributed by atoms with Crippen LogP contribution in [-0.4, -0.2) is 42.4 Å². The van der Waals surface area contributed by atoms with Crippen molar-refractivity contribution < 1.29 is 14.3 Å². The van der Waals surface area contributed by atoms with Crippen molar-refractivity contribution in [3.63, 3.8) is 0 Å². The van der Waals surface area contributed by atoms with Gasteiger partial charge < -0.3 is 14.0 Å². The number of carbonyl (C=O) groups is 1. The van der Waals surface area contributed by atoms with E-state index in [1.807, 2.05) is 6.92 Å². The fourth-order valence-electron chi connectivity index (χ4n) is 2.04. The number of imidazole rings is 1. The third-order valence-corrected chi connectivity index (χ3v) is 3.11. The van der Waals surface area contributed by atoms with Gasteiger partial charge >= 0.3 is 5.97 Å². The molecule has 1 N–H and O–H groups in total. The van der Waals surface area contributed by atoms with E-state index < -0.39 is 6.04 Å². The topological polar surface area (TPSA) is 65.4 Å². The SMILES string of the molecule is CCOC(=O)C(NCCOC)c1cncn1C1CC1. The lowest BCUT2D eigenvalue weighted by Gasteiger charge is -2.18. The molecule has 2 rings (SSSR count). The highest BCUT2D eigenvalue weighted by molar-refractivity contribution is 5.77. The zero-order valence-electron chi connectivity index (χ0n) is 11.5. The van der Waals surface area contributed by atoms with E-state index in [0.29, 0.717) is 25.8 Å². The highest BCUT2D eigenvalue weighted by atomic mass is 16.5. The lowest BCUT2D eigenvalue weighted by molar-refractivity contribution is -0.146. The van der Waals surface area contributed by atoms with Gasteiger partial charge in [-0.25, -0.2) is 9.78 Å². The van der Waals surface area contributed by atoms with Crippen LogP contribution in [0.5, 0.6) is 0 Å². The molecule has 1 aromatic heterocycles. The van der Waals surface area contributed by atoms with E-state index in [9.17, 15) is 4.79 Å². The first-order chi connectivity index (χ1) is 9.27. The van der Waals surface area contributed by atoms with E-state index in [4.69, 9.17) is 9.47 Å². The normalized spacial score (nSPS) is 16.3. The summed E-state index contributed by atoms with van der Waals surface area (Å²) in [7, 11) is 1.63. The average molecular weight is 267 g/mol. The van der Waals surface area contributed by atoms with E-state index in [1.165, 1.54) is 0 Å². The van der Waals surface area contributed by atoms with Gasteiger partial charge in [0.2, 0.25) is 0 Å². The van der Waals surface area contributed by atoms with Crippen LogP contribution in [-0.2, 0) is 14.3 Å². The summed E-state index contributed by atoms with van der Waals surface area (Å²) < 4.78 is 12.2. The van der Waals surface area contributed by atoms with E-state index in [2.05, 4.69) is 14.9 Å². The molecule has 0 aromatic carbocycles. The van der Waals surface area contributed by atoms with E-state index >= 15 is 0 Å². The summed E-state index contributed by atoms with van der Waals surface area (Å²) in [6.07, 6.45) is 5.82. The number of methoxy groups -OCH3 is 1. The molecule has 1 fully saturated rings. The Morgan fingerprint density at radius 1 is 1.63 bits per heavy atom. The molecule has 1 unspecified atom stereocenters. The Balaban J connectivity index is 2.10. The number of carbonyl (C=O) groups excluding carboxylic acids is 1. The van der Waals surface area contributed by atoms with Crippen LogP contribution in [0.1, 0.15) is 37.5 Å². The molecule has 0 aliphatic heterocycles. The van der Waals surface area contributed by atoms with Crippen molar-refractivity contribution in [2.45, 2.75) is 31.8 Å². The number of aromatic nitrogens is 2. The van der Waals surface area contributed by atoms with Gasteiger partial charge in [0.05, 0.1) is 31.4 Å². The minimum absolute atomic E-state index is 0.263. The summed E-state index contributed by atoms with van der Waals surface area (Å²) in [5.41, 5.74) is 0.872. The Morgan fingerprint density at radius 3 is 3.05 bits per heavy atom. The third-order valence-electron chi connectivity index (χ3n) is 3.11. The molecule has 6 heteroatoms. The van der Waals surface area contributed by atoms with Crippen LogP contribution in [0, 0.1) is 0 Å². The van der Waals surface area contributed by atoms with Gasteiger partial charge in [0.1, 0.15) is 6.04 Å². The summed E-state index contributed by atoms with van der Waals surface area (Å²) in [6, 6.07) is 0.0110. The van der Waals surface area contributed by atoms with Crippen molar-refractivity contribution in [3.8, 4) is 0 Å². The lowest BCUT2D eigenvalue weighted by Crippen LogP contribution is -2.34. The summed E-state index contributed by atoms with van der Waals surface area (Å²) in [5.74, 6) is -0.263. The molecular formula is C13H21N3O3. The molecule has 19 heavy (non-hydrogen) atoms.